The van der Waals surface area contributed by atoms with Crippen molar-refractivity contribution >= 4 is 27.3 Å². The highest BCUT2D eigenvalue weighted by Gasteiger charge is 2.19. The van der Waals surface area contributed by atoms with Crippen molar-refractivity contribution in [3.05, 3.63) is 28.3 Å². The molecule has 0 radical (unpaired) electrons. The summed E-state index contributed by atoms with van der Waals surface area (Å²) < 4.78 is 26.0. The smallest absolute Gasteiger partial charge is 0.271 e. The Morgan fingerprint density at radius 1 is 1.45 bits per heavy atom. The maximum atomic E-state index is 11.9. The highest BCUT2D eigenvalue weighted by molar-refractivity contribution is 7.89. The number of anilines is 1. The number of nitrogens with one attached hydrogen (secondary N) is 2. The molecule has 1 aromatic rings. The first kappa shape index (κ1) is 15.9. The van der Waals surface area contributed by atoms with Gasteiger partial charge in [-0.05, 0) is 6.07 Å². The number of rotatable bonds is 6. The topological polar surface area (TPSA) is 144 Å². The van der Waals surface area contributed by atoms with Crippen LogP contribution in [0.2, 0.25) is 0 Å². The van der Waals surface area contributed by atoms with Gasteiger partial charge in [-0.25, -0.2) is 13.1 Å². The fourth-order valence-corrected chi connectivity index (χ4v) is 2.54. The zero-order valence-electron chi connectivity index (χ0n) is 10.6. The van der Waals surface area contributed by atoms with Gasteiger partial charge in [0.05, 0.1) is 10.6 Å². The predicted molar refractivity (Wildman–Crippen MR) is 71.4 cm³/mol. The van der Waals surface area contributed by atoms with Crippen molar-refractivity contribution in [3.63, 3.8) is 0 Å². The lowest BCUT2D eigenvalue weighted by molar-refractivity contribution is -0.384. The second-order valence-corrected chi connectivity index (χ2v) is 5.54. The molecule has 110 valence electrons. The third-order valence-corrected chi connectivity index (χ3v) is 3.95. The highest BCUT2D eigenvalue weighted by Crippen LogP contribution is 2.23. The standard InChI is InChI=1S/C10H14N4O5S/c1-12-10(15)4-5-13-20(18,19)9-3-2-7(14(16)17)6-8(9)11/h2-3,6,13H,4-5,11H2,1H3,(H,12,15). The fraction of sp³-hybridized carbons (Fsp3) is 0.300. The maximum absolute atomic E-state index is 11.9. The van der Waals surface area contributed by atoms with E-state index in [0.29, 0.717) is 0 Å². The Kier molecular flexibility index (Phi) is 5.00. The number of sulfonamides is 1. The van der Waals surface area contributed by atoms with Crippen LogP contribution >= 0.6 is 0 Å². The summed E-state index contributed by atoms with van der Waals surface area (Å²) in [6.07, 6.45) is -0.0252. The molecule has 1 amide bonds. The van der Waals surface area contributed by atoms with Crippen molar-refractivity contribution in [2.75, 3.05) is 19.3 Å². The van der Waals surface area contributed by atoms with E-state index in [9.17, 15) is 23.3 Å². The van der Waals surface area contributed by atoms with Crippen LogP contribution in [0, 0.1) is 10.1 Å². The van der Waals surface area contributed by atoms with Crippen molar-refractivity contribution in [1.29, 1.82) is 0 Å². The number of carbonyl (C=O) groups is 1. The molecule has 20 heavy (non-hydrogen) atoms. The third kappa shape index (κ3) is 3.90. The number of hydrogen-bond donors (Lipinski definition) is 3. The van der Waals surface area contributed by atoms with Crippen LogP contribution in [0.15, 0.2) is 23.1 Å². The lowest BCUT2D eigenvalue weighted by Gasteiger charge is -2.08. The summed E-state index contributed by atoms with van der Waals surface area (Å²) in [6, 6.07) is 3.06. The van der Waals surface area contributed by atoms with Crippen LogP contribution in [-0.4, -0.2) is 32.8 Å². The van der Waals surface area contributed by atoms with Crippen LogP contribution < -0.4 is 15.8 Å². The van der Waals surface area contributed by atoms with E-state index in [2.05, 4.69) is 10.0 Å². The molecule has 10 heteroatoms. The second-order valence-electron chi connectivity index (χ2n) is 3.80. The Bertz CT molecular complexity index is 629. The number of non-ortho nitro benzene ring substituents is 1. The molecular formula is C10H14N4O5S. The van der Waals surface area contributed by atoms with Gasteiger partial charge in [-0.2, -0.15) is 0 Å². The van der Waals surface area contributed by atoms with Crippen LogP contribution in [0.4, 0.5) is 11.4 Å². The molecule has 0 spiro atoms. The number of amides is 1. The summed E-state index contributed by atoms with van der Waals surface area (Å²) in [7, 11) is -2.48. The molecular weight excluding hydrogens is 288 g/mol. The van der Waals surface area contributed by atoms with E-state index < -0.39 is 14.9 Å². The summed E-state index contributed by atoms with van der Waals surface area (Å²) in [5.74, 6) is -0.315. The molecule has 0 heterocycles. The predicted octanol–water partition coefficient (Wildman–Crippen LogP) is -0.409. The van der Waals surface area contributed by atoms with E-state index in [-0.39, 0.29) is 35.1 Å². The zero-order chi connectivity index (χ0) is 15.3. The van der Waals surface area contributed by atoms with E-state index in [1.54, 1.807) is 0 Å². The summed E-state index contributed by atoms with van der Waals surface area (Å²) in [6.45, 7) is -0.0988. The van der Waals surface area contributed by atoms with Gasteiger partial charge >= 0.3 is 0 Å². The molecule has 0 saturated carbocycles. The number of nitro groups is 1. The number of benzene rings is 1. The molecule has 0 aromatic heterocycles. The maximum Gasteiger partial charge on any atom is 0.271 e. The zero-order valence-corrected chi connectivity index (χ0v) is 11.4. The highest BCUT2D eigenvalue weighted by atomic mass is 32.2. The van der Waals surface area contributed by atoms with Crippen molar-refractivity contribution in [2.45, 2.75) is 11.3 Å². The van der Waals surface area contributed by atoms with Crippen molar-refractivity contribution in [2.24, 2.45) is 0 Å². The second kappa shape index (κ2) is 6.30. The van der Waals surface area contributed by atoms with Crippen molar-refractivity contribution in [3.8, 4) is 0 Å². The summed E-state index contributed by atoms with van der Waals surface area (Å²) in [5, 5.41) is 12.9. The van der Waals surface area contributed by atoms with Gasteiger partial charge in [0.25, 0.3) is 5.69 Å². The first-order valence-electron chi connectivity index (χ1n) is 5.52. The average molecular weight is 302 g/mol. The van der Waals surface area contributed by atoms with E-state index in [1.165, 1.54) is 7.05 Å². The minimum Gasteiger partial charge on any atom is -0.397 e. The minimum atomic E-state index is -3.91. The molecule has 0 saturated heterocycles. The van der Waals surface area contributed by atoms with Gasteiger partial charge in [0.1, 0.15) is 4.90 Å². The Labute approximate surface area is 115 Å². The Morgan fingerprint density at radius 2 is 2.10 bits per heavy atom. The van der Waals surface area contributed by atoms with Gasteiger partial charge in [-0.1, -0.05) is 0 Å². The van der Waals surface area contributed by atoms with E-state index in [4.69, 9.17) is 5.73 Å². The lowest BCUT2D eigenvalue weighted by atomic mass is 10.3. The number of nitrogens with two attached hydrogens (primary N) is 1. The number of nitro benzene ring substituents is 1. The van der Waals surface area contributed by atoms with Crippen LogP contribution in [0.5, 0.6) is 0 Å². The Hall–Kier alpha value is -2.20. The average Bonchev–Trinajstić information content (AvgIpc) is 2.37. The lowest BCUT2D eigenvalue weighted by Crippen LogP contribution is -2.29. The van der Waals surface area contributed by atoms with Gasteiger partial charge in [-0.3, -0.25) is 14.9 Å². The third-order valence-electron chi connectivity index (χ3n) is 2.42. The monoisotopic (exact) mass is 302 g/mol. The number of carbonyl (C=O) groups excluding carboxylic acids is 1. The molecule has 1 rings (SSSR count). The first-order valence-corrected chi connectivity index (χ1v) is 7.00. The van der Waals surface area contributed by atoms with Crippen LogP contribution in [0.25, 0.3) is 0 Å². The molecule has 0 atom stereocenters. The van der Waals surface area contributed by atoms with Crippen LogP contribution in [0.1, 0.15) is 6.42 Å². The van der Waals surface area contributed by atoms with Gasteiger partial charge in [-0.15, -0.1) is 0 Å². The van der Waals surface area contributed by atoms with Gasteiger partial charge in [0.2, 0.25) is 15.9 Å². The van der Waals surface area contributed by atoms with Gasteiger partial charge in [0, 0.05) is 32.1 Å². The van der Waals surface area contributed by atoms with Gasteiger partial charge in [0.15, 0.2) is 0 Å². The van der Waals surface area contributed by atoms with Crippen LogP contribution in [0.3, 0.4) is 0 Å². The van der Waals surface area contributed by atoms with Gasteiger partial charge < -0.3 is 11.1 Å². The normalized spacial score (nSPS) is 11.1. The fourth-order valence-electron chi connectivity index (χ4n) is 1.40. The largest absolute Gasteiger partial charge is 0.397 e. The number of nitrogen functional groups attached to an aromatic ring is 1. The molecule has 0 fully saturated rings. The quantitative estimate of drug-likeness (QED) is 0.370. The molecule has 0 aliphatic rings. The molecule has 0 aliphatic carbocycles. The van der Waals surface area contributed by atoms with Crippen molar-refractivity contribution < 1.29 is 18.1 Å². The first-order chi connectivity index (χ1) is 9.27. The minimum absolute atomic E-state index is 0.0252. The molecule has 9 nitrogen and oxygen atoms in total. The number of hydrogen-bond acceptors (Lipinski definition) is 6. The molecule has 4 N–H and O–H groups in total. The van der Waals surface area contributed by atoms with E-state index >= 15 is 0 Å². The van der Waals surface area contributed by atoms with E-state index in [1.807, 2.05) is 0 Å². The number of nitrogens with zero attached hydrogens (tertiary/aromatic N) is 1. The summed E-state index contributed by atoms with van der Waals surface area (Å²) in [5.41, 5.74) is 4.97. The Morgan fingerprint density at radius 3 is 2.60 bits per heavy atom. The summed E-state index contributed by atoms with van der Waals surface area (Å²) in [4.78, 5) is 20.6. The molecule has 0 aliphatic heterocycles. The molecule has 0 unspecified atom stereocenters. The summed E-state index contributed by atoms with van der Waals surface area (Å²) >= 11 is 0. The molecule has 1 aromatic carbocycles. The molecule has 0 bridgehead atoms. The van der Waals surface area contributed by atoms with E-state index in [0.717, 1.165) is 18.2 Å². The van der Waals surface area contributed by atoms with Crippen molar-refractivity contribution in [1.82, 2.24) is 10.0 Å². The Balaban J connectivity index is 2.87. The SMILES string of the molecule is CNC(=O)CCNS(=O)(=O)c1ccc([N+](=O)[O-])cc1N. The van der Waals surface area contributed by atoms with Crippen LogP contribution in [-0.2, 0) is 14.8 Å².